The van der Waals surface area contributed by atoms with Crippen molar-refractivity contribution in [2.24, 2.45) is 16.7 Å². The van der Waals surface area contributed by atoms with Gasteiger partial charge < -0.3 is 57.5 Å². The van der Waals surface area contributed by atoms with Gasteiger partial charge in [-0.3, -0.25) is 43.2 Å². The summed E-state index contributed by atoms with van der Waals surface area (Å²) in [5.74, 6) is -4.86. The molecule has 1 N–H and O–H groups in total. The van der Waals surface area contributed by atoms with E-state index in [1.165, 1.54) is 214 Å². The van der Waals surface area contributed by atoms with Crippen molar-refractivity contribution in [1.29, 1.82) is 0 Å². The fraction of sp³-hybridized carbons (Fsp3) is 0.696. The minimum Gasteiger partial charge on any atom is -0.463 e. The van der Waals surface area contributed by atoms with Crippen molar-refractivity contribution in [3.63, 3.8) is 0 Å². The van der Waals surface area contributed by atoms with Crippen LogP contribution in [0.25, 0.3) is 6.08 Å². The summed E-state index contributed by atoms with van der Waals surface area (Å²) in [7, 11) is 3.15. The minimum absolute atomic E-state index is 0.00130. The number of thiocarbonyl (C=S) groups is 3. The quantitative estimate of drug-likeness (QED) is 0.0160. The molecule has 5 rings (SSSR count). The van der Waals surface area contributed by atoms with Crippen molar-refractivity contribution in [2.75, 3.05) is 111 Å². The van der Waals surface area contributed by atoms with Gasteiger partial charge in [0.05, 0.1) is 76.2 Å². The number of aliphatic hydroxyl groups is 1. The average Bonchev–Trinajstić information content (AvgIpc) is 1.47. The molecule has 0 bridgehead atoms. The van der Waals surface area contributed by atoms with Gasteiger partial charge in [-0.05, 0) is 108 Å². The van der Waals surface area contributed by atoms with Gasteiger partial charge in [0.2, 0.25) is 0 Å². The van der Waals surface area contributed by atoms with Crippen molar-refractivity contribution < 1.29 is 115 Å². The largest absolute Gasteiger partial charge is 0.463 e. The summed E-state index contributed by atoms with van der Waals surface area (Å²) in [5.41, 5.74) is 0.0203. The van der Waals surface area contributed by atoms with Crippen molar-refractivity contribution in [3.8, 4) is 0 Å². The number of rotatable bonds is 70. The van der Waals surface area contributed by atoms with Crippen LogP contribution in [0.15, 0.2) is 79.9 Å². The monoisotopic (exact) mass is 2100 g/mol. The van der Waals surface area contributed by atoms with E-state index in [0.717, 1.165) is 67.0 Å². The first-order valence-electron chi connectivity index (χ1n) is 49.2. The Bertz CT molecular complexity index is 3780. The Morgan fingerprint density at radius 1 is 0.406 bits per heavy atom. The Morgan fingerprint density at radius 2 is 0.732 bits per heavy atom. The number of imide groups is 3. The van der Waals surface area contributed by atoms with E-state index in [2.05, 4.69) is 38.8 Å². The maximum Gasteiger partial charge on any atom is 0.356 e. The number of methoxy groups -OCH3 is 2. The third-order valence-electron chi connectivity index (χ3n) is 21.5. The number of esters is 3. The number of nitrogens with zero attached hydrogens (tertiary/aromatic N) is 3. The highest BCUT2D eigenvalue weighted by Crippen LogP contribution is 2.43. The van der Waals surface area contributed by atoms with Crippen LogP contribution in [-0.4, -0.2) is 223 Å². The van der Waals surface area contributed by atoms with E-state index in [4.69, 9.17) is 89.3 Å². The van der Waals surface area contributed by atoms with Gasteiger partial charge in [0, 0.05) is 64.1 Å². The van der Waals surface area contributed by atoms with Crippen LogP contribution in [0.5, 0.6) is 0 Å². The van der Waals surface area contributed by atoms with Crippen molar-refractivity contribution >= 4 is 195 Å². The zero-order valence-electron chi connectivity index (χ0n) is 84.1. The third kappa shape index (κ3) is 64.1. The van der Waals surface area contributed by atoms with Gasteiger partial charge in [-0.2, -0.15) is 0 Å². The zero-order valence-corrected chi connectivity index (χ0v) is 91.5. The molecule has 782 valence electrons. The average molecular weight is 2100 g/mol. The number of aliphatic hydroxyl groups excluding tert-OH is 1. The number of carbonyl (C=O) groups excluding carboxylic acids is 12. The number of hydroxylamine groups is 6. The van der Waals surface area contributed by atoms with Crippen LogP contribution in [0.1, 0.15) is 329 Å². The molecule has 3 heterocycles. The van der Waals surface area contributed by atoms with Crippen molar-refractivity contribution in [1.82, 2.24) is 15.2 Å². The van der Waals surface area contributed by atoms with Gasteiger partial charge in [-0.25, -0.2) is 14.4 Å². The molecule has 0 aliphatic carbocycles. The third-order valence-corrected chi connectivity index (χ3v) is 30.1. The fourth-order valence-electron chi connectivity index (χ4n) is 13.5. The van der Waals surface area contributed by atoms with Crippen molar-refractivity contribution in [3.05, 3.63) is 91.0 Å². The molecular formula is C102H161N3O24S9. The number of thioether (sulfide) groups is 6. The number of amides is 6. The molecule has 138 heavy (non-hydrogen) atoms. The number of hydrogen-bond acceptors (Lipinski definition) is 33. The summed E-state index contributed by atoms with van der Waals surface area (Å²) in [6.07, 6.45) is 41.9. The van der Waals surface area contributed by atoms with Gasteiger partial charge in [0.15, 0.2) is 0 Å². The maximum absolute atomic E-state index is 13.7. The standard InChI is InChI=1S/C37H57NO8S3.C29H49NO8S3.C21H40O4S3.C8H8.C7H7NO4/c1-5-6-7-8-9-10-11-12-13-17-26-48-36(47)49-31(29-18-15-14-16-19-29)27-30(34(41)46-38-32(39)20-21-33(38)40)28-37(2,3)35(42)45-25-24-44-23-22-43-4;1-5-6-7-8-9-10-11-12-13-14-21-40-28(39)41-23(26(33)38-30-24(31)15-16-25(30)32)22-29(2,3)27(34)37-20-19-36-18-17-35-4;1-4-5-6-7-8-9-10-11-12-13-18-27-20(26)28-21(2,3)19(23)25-17-16-24-15-14-22;1-2-8-6-4-3-5-7-8;1-2-7(11)12-8-5(9)3-4-6(8)10/h14-16,18-19,30-31H,5-13,17,20-28H2,1-4H3;23H,5-22H2,1-4H3;22H,4-18H2,1-3H3;2-7H,1H2;2H,1,3-4H2. The van der Waals surface area contributed by atoms with Crippen LogP contribution in [0.4, 0.5) is 0 Å². The number of unbranched alkanes of at least 4 members (excludes halogenated alkanes) is 27. The first-order valence-corrected chi connectivity index (χ1v) is 55.9. The molecule has 0 saturated carbocycles. The molecule has 3 unspecified atom stereocenters. The number of carbonyl (C=O) groups is 12. The van der Waals surface area contributed by atoms with Gasteiger partial charge >= 0.3 is 35.8 Å². The molecule has 3 fully saturated rings. The number of ether oxygens (including phenoxy) is 8. The van der Waals surface area contributed by atoms with Crippen molar-refractivity contribution in [2.45, 2.75) is 328 Å². The first kappa shape index (κ1) is 130. The zero-order chi connectivity index (χ0) is 102. The molecule has 27 nitrogen and oxygen atoms in total. The molecule has 2 aromatic rings. The minimum atomic E-state index is -1.08. The number of hydrogen-bond donors (Lipinski definition) is 1. The lowest BCUT2D eigenvalue weighted by Gasteiger charge is -2.29. The van der Waals surface area contributed by atoms with E-state index in [1.807, 2.05) is 80.6 Å². The van der Waals surface area contributed by atoms with Crippen LogP contribution < -0.4 is 0 Å². The van der Waals surface area contributed by atoms with E-state index >= 15 is 0 Å². The van der Waals surface area contributed by atoms with Crippen LogP contribution in [-0.2, 0) is 110 Å². The molecule has 0 aromatic heterocycles. The van der Waals surface area contributed by atoms with E-state index in [0.29, 0.717) is 51.8 Å². The molecule has 3 aliphatic rings. The fourth-order valence-corrected chi connectivity index (χ4v) is 22.2. The van der Waals surface area contributed by atoms with Crippen LogP contribution in [0.3, 0.4) is 0 Å². The van der Waals surface area contributed by atoms with E-state index in [-0.39, 0.29) is 115 Å². The lowest BCUT2D eigenvalue weighted by Crippen LogP contribution is -2.39. The second-order valence-electron chi connectivity index (χ2n) is 34.9. The predicted octanol–water partition coefficient (Wildman–Crippen LogP) is 23.0. The Labute approximate surface area is 865 Å². The summed E-state index contributed by atoms with van der Waals surface area (Å²) in [6, 6.07) is 19.8. The maximum atomic E-state index is 13.7. The van der Waals surface area contributed by atoms with Gasteiger partial charge in [-0.1, -0.05) is 346 Å². The van der Waals surface area contributed by atoms with Gasteiger partial charge in [0.1, 0.15) is 40.4 Å². The summed E-state index contributed by atoms with van der Waals surface area (Å²) >= 11 is 25.7. The van der Waals surface area contributed by atoms with Gasteiger partial charge in [-0.15, -0.1) is 50.5 Å². The van der Waals surface area contributed by atoms with Crippen LogP contribution in [0, 0.1) is 16.7 Å². The molecule has 2 aromatic carbocycles. The molecular weight excluding hydrogens is 1940 g/mol. The van der Waals surface area contributed by atoms with E-state index < -0.39 is 92.0 Å². The summed E-state index contributed by atoms with van der Waals surface area (Å²) < 4.78 is 43.2. The highest BCUT2D eigenvalue weighted by molar-refractivity contribution is 8.48. The molecule has 3 aliphatic heterocycles. The summed E-state index contributed by atoms with van der Waals surface area (Å²) in [4.78, 5) is 161. The van der Waals surface area contributed by atoms with Crippen LogP contribution in [0.2, 0.25) is 0 Å². The molecule has 36 heteroatoms. The molecule has 3 atom stereocenters. The predicted molar refractivity (Wildman–Crippen MR) is 570 cm³/mol. The lowest BCUT2D eigenvalue weighted by atomic mass is 9.80. The van der Waals surface area contributed by atoms with E-state index in [9.17, 15) is 57.5 Å². The molecule has 0 radical (unpaired) electrons. The first-order chi connectivity index (χ1) is 66.2. The second kappa shape index (κ2) is 82.6. The van der Waals surface area contributed by atoms with Gasteiger partial charge in [0.25, 0.3) is 35.4 Å². The Balaban J connectivity index is 0.000000957. The Kier molecular flexibility index (Phi) is 78.0. The smallest absolute Gasteiger partial charge is 0.356 e. The topological polar surface area (TPSA) is 336 Å². The second-order valence-corrected chi connectivity index (χ2v) is 45.9. The molecule has 6 amide bonds. The SMILES string of the molecule is C=CC(=O)ON1C(=O)CCC1=O.C=Cc1ccccc1.CCCCCCCCCCCCSC(=S)SC(C)(C)C(=O)OCCOCCO.CCCCCCCCCCCCSC(=S)SC(CC(C)(C)C(=O)OCCOCCOC)C(=O)ON1C(=O)CCC1=O.CCCCCCCCCCCCSC(=S)SC(CC(CC(C)(C)C(=O)OCCOCCOC)C(=O)ON1C(=O)CCC1=O)c1ccccc1. The number of benzene rings is 2. The van der Waals surface area contributed by atoms with Crippen LogP contribution >= 0.6 is 107 Å². The Morgan fingerprint density at radius 3 is 1.09 bits per heavy atom. The van der Waals surface area contributed by atoms with E-state index in [1.54, 1.807) is 65.4 Å². The normalized spacial score (nSPS) is 13.7. The molecule has 0 spiro atoms. The summed E-state index contributed by atoms with van der Waals surface area (Å²) in [6.45, 7) is 26.9. The lowest BCUT2D eigenvalue weighted by molar-refractivity contribution is -0.201. The Hall–Kier alpha value is -5.71. The molecule has 3 saturated heterocycles. The highest BCUT2D eigenvalue weighted by Gasteiger charge is 2.43. The summed E-state index contributed by atoms with van der Waals surface area (Å²) in [5, 5.41) is 9.07. The highest BCUT2D eigenvalue weighted by atomic mass is 32.2.